The maximum Gasteiger partial charge on any atom is 0.433 e. The fraction of sp³-hybridized carbons (Fsp3) is 0.278. The highest BCUT2D eigenvalue weighted by Gasteiger charge is 2.37. The van der Waals surface area contributed by atoms with Crippen LogP contribution in [0.5, 0.6) is 0 Å². The SMILES string of the molecule is Cc1nc(C(F)(F)F)ccc1C(=O)N1Cc2ccccc2CC1C(=O)O. The summed E-state index contributed by atoms with van der Waals surface area (Å²) in [6.07, 6.45) is -4.47. The minimum atomic E-state index is -4.61. The number of halogens is 3. The van der Waals surface area contributed by atoms with Crippen LogP contribution in [0.25, 0.3) is 0 Å². The van der Waals surface area contributed by atoms with Crippen molar-refractivity contribution in [3.05, 3.63) is 64.5 Å². The third kappa shape index (κ3) is 3.26. The van der Waals surface area contributed by atoms with E-state index in [0.717, 1.165) is 23.3 Å². The summed E-state index contributed by atoms with van der Waals surface area (Å²) in [5, 5.41) is 9.49. The van der Waals surface area contributed by atoms with Crippen molar-refractivity contribution in [3.8, 4) is 0 Å². The van der Waals surface area contributed by atoms with Crippen molar-refractivity contribution in [2.24, 2.45) is 0 Å². The van der Waals surface area contributed by atoms with Gasteiger partial charge in [0, 0.05) is 13.0 Å². The zero-order valence-electron chi connectivity index (χ0n) is 13.7. The molecule has 0 radical (unpaired) electrons. The van der Waals surface area contributed by atoms with Crippen LogP contribution in [-0.4, -0.2) is 32.9 Å². The molecule has 136 valence electrons. The number of carboxylic acids is 1. The first-order chi connectivity index (χ1) is 12.2. The lowest BCUT2D eigenvalue weighted by Crippen LogP contribution is -2.48. The van der Waals surface area contributed by atoms with Crippen LogP contribution in [-0.2, 0) is 23.9 Å². The number of hydrogen-bond acceptors (Lipinski definition) is 3. The maximum atomic E-state index is 12.8. The molecule has 2 aromatic rings. The molecule has 0 bridgehead atoms. The smallest absolute Gasteiger partial charge is 0.433 e. The average Bonchev–Trinajstić information content (AvgIpc) is 2.59. The van der Waals surface area contributed by atoms with Gasteiger partial charge in [-0.25, -0.2) is 9.78 Å². The molecule has 1 aromatic carbocycles. The third-order valence-electron chi connectivity index (χ3n) is 4.40. The number of alkyl halides is 3. The first-order valence-electron chi connectivity index (χ1n) is 7.84. The average molecular weight is 364 g/mol. The highest BCUT2D eigenvalue weighted by molar-refractivity contribution is 5.97. The van der Waals surface area contributed by atoms with Gasteiger partial charge in [-0.3, -0.25) is 4.79 Å². The number of aryl methyl sites for hydroxylation is 1. The van der Waals surface area contributed by atoms with Crippen LogP contribution < -0.4 is 0 Å². The second-order valence-corrected chi connectivity index (χ2v) is 6.09. The Hall–Kier alpha value is -2.90. The zero-order chi connectivity index (χ0) is 19.1. The third-order valence-corrected chi connectivity index (χ3v) is 4.40. The number of carboxylic acid groups (broad SMARTS) is 1. The van der Waals surface area contributed by atoms with E-state index >= 15 is 0 Å². The molecule has 1 unspecified atom stereocenters. The Kier molecular flexibility index (Phi) is 4.43. The predicted octanol–water partition coefficient (Wildman–Crippen LogP) is 3.06. The summed E-state index contributed by atoms with van der Waals surface area (Å²) in [6.45, 7) is 1.38. The molecule has 1 N–H and O–H groups in total. The van der Waals surface area contributed by atoms with E-state index in [-0.39, 0.29) is 24.2 Å². The fourth-order valence-corrected chi connectivity index (χ4v) is 3.06. The van der Waals surface area contributed by atoms with E-state index < -0.39 is 29.8 Å². The highest BCUT2D eigenvalue weighted by Crippen LogP contribution is 2.30. The molecule has 8 heteroatoms. The molecule has 5 nitrogen and oxygen atoms in total. The number of nitrogens with zero attached hydrogens (tertiary/aromatic N) is 2. The van der Waals surface area contributed by atoms with Crippen LogP contribution >= 0.6 is 0 Å². The predicted molar refractivity (Wildman–Crippen MR) is 85.4 cm³/mol. The van der Waals surface area contributed by atoms with Gasteiger partial charge in [-0.1, -0.05) is 24.3 Å². The van der Waals surface area contributed by atoms with Gasteiger partial charge in [-0.2, -0.15) is 13.2 Å². The van der Waals surface area contributed by atoms with Crippen LogP contribution in [0.4, 0.5) is 13.2 Å². The van der Waals surface area contributed by atoms with Gasteiger partial charge in [0.2, 0.25) is 0 Å². The van der Waals surface area contributed by atoms with Crippen LogP contribution in [0, 0.1) is 6.92 Å². The van der Waals surface area contributed by atoms with Crippen molar-refractivity contribution in [2.45, 2.75) is 32.1 Å². The van der Waals surface area contributed by atoms with Crippen molar-refractivity contribution in [1.29, 1.82) is 0 Å². The Morgan fingerprint density at radius 1 is 1.15 bits per heavy atom. The van der Waals surface area contributed by atoms with Crippen LogP contribution in [0.2, 0.25) is 0 Å². The Labute approximate surface area is 147 Å². The molecule has 1 aromatic heterocycles. The molecule has 0 fully saturated rings. The molecule has 26 heavy (non-hydrogen) atoms. The molecule has 2 heterocycles. The van der Waals surface area contributed by atoms with E-state index in [4.69, 9.17) is 0 Å². The molecule has 1 amide bonds. The van der Waals surface area contributed by atoms with E-state index in [1.807, 2.05) is 0 Å². The summed E-state index contributed by atoms with van der Waals surface area (Å²) in [5.74, 6) is -1.81. The Balaban J connectivity index is 1.97. The Morgan fingerprint density at radius 2 is 1.81 bits per heavy atom. The first-order valence-corrected chi connectivity index (χ1v) is 7.84. The number of benzene rings is 1. The topological polar surface area (TPSA) is 70.5 Å². The summed E-state index contributed by atoms with van der Waals surface area (Å²) in [6, 6.07) is 7.87. The van der Waals surface area contributed by atoms with E-state index in [1.54, 1.807) is 24.3 Å². The van der Waals surface area contributed by atoms with E-state index in [0.29, 0.717) is 0 Å². The monoisotopic (exact) mass is 364 g/mol. The number of amides is 1. The Bertz CT molecular complexity index is 880. The molecular formula is C18H15F3N2O3. The van der Waals surface area contributed by atoms with Gasteiger partial charge < -0.3 is 10.0 Å². The molecule has 1 atom stereocenters. The van der Waals surface area contributed by atoms with Crippen LogP contribution in [0.3, 0.4) is 0 Å². The van der Waals surface area contributed by atoms with Crippen molar-refractivity contribution >= 4 is 11.9 Å². The van der Waals surface area contributed by atoms with Crippen molar-refractivity contribution in [2.75, 3.05) is 0 Å². The first kappa shape index (κ1) is 17.9. The summed E-state index contributed by atoms with van der Waals surface area (Å²) in [7, 11) is 0. The summed E-state index contributed by atoms with van der Waals surface area (Å²) < 4.78 is 38.3. The minimum absolute atomic E-state index is 0.0383. The van der Waals surface area contributed by atoms with E-state index in [1.165, 1.54) is 11.8 Å². The number of fused-ring (bicyclic) bond motifs is 1. The molecule has 0 saturated heterocycles. The molecule has 0 saturated carbocycles. The maximum absolute atomic E-state index is 12.8. The fourth-order valence-electron chi connectivity index (χ4n) is 3.06. The van der Waals surface area contributed by atoms with Crippen LogP contribution in [0.15, 0.2) is 36.4 Å². The molecular weight excluding hydrogens is 349 g/mol. The summed E-state index contributed by atoms with van der Waals surface area (Å²) >= 11 is 0. The van der Waals surface area contributed by atoms with Crippen molar-refractivity contribution in [1.82, 2.24) is 9.88 Å². The van der Waals surface area contributed by atoms with Crippen molar-refractivity contribution in [3.63, 3.8) is 0 Å². The normalized spacial score (nSPS) is 16.9. The number of carbonyl (C=O) groups is 2. The van der Waals surface area contributed by atoms with Gasteiger partial charge in [0.15, 0.2) is 0 Å². The number of aliphatic carboxylic acids is 1. The number of aromatic nitrogens is 1. The quantitative estimate of drug-likeness (QED) is 0.889. The largest absolute Gasteiger partial charge is 0.480 e. The van der Waals surface area contributed by atoms with Gasteiger partial charge in [-0.15, -0.1) is 0 Å². The summed E-state index contributed by atoms with van der Waals surface area (Å²) in [4.78, 5) is 29.1. The molecule has 1 aliphatic rings. The highest BCUT2D eigenvalue weighted by atomic mass is 19.4. The lowest BCUT2D eigenvalue weighted by molar-refractivity contribution is -0.143. The van der Waals surface area contributed by atoms with E-state index in [2.05, 4.69) is 4.98 Å². The van der Waals surface area contributed by atoms with Gasteiger partial charge in [0.25, 0.3) is 5.91 Å². The molecule has 0 spiro atoms. The number of carbonyl (C=O) groups excluding carboxylic acids is 1. The lowest BCUT2D eigenvalue weighted by atomic mass is 9.93. The number of hydrogen-bond donors (Lipinski definition) is 1. The second kappa shape index (κ2) is 6.44. The van der Waals surface area contributed by atoms with Gasteiger partial charge in [0.05, 0.1) is 11.3 Å². The van der Waals surface area contributed by atoms with Gasteiger partial charge >= 0.3 is 12.1 Å². The van der Waals surface area contributed by atoms with Crippen molar-refractivity contribution < 1.29 is 27.9 Å². The van der Waals surface area contributed by atoms with Gasteiger partial charge in [-0.05, 0) is 30.2 Å². The number of rotatable bonds is 2. The van der Waals surface area contributed by atoms with E-state index in [9.17, 15) is 27.9 Å². The molecule has 3 rings (SSSR count). The van der Waals surface area contributed by atoms with Crippen LogP contribution in [0.1, 0.15) is 32.9 Å². The molecule has 0 aliphatic carbocycles. The lowest BCUT2D eigenvalue weighted by Gasteiger charge is -2.34. The number of pyridine rings is 1. The molecule has 1 aliphatic heterocycles. The Morgan fingerprint density at radius 3 is 2.38 bits per heavy atom. The second-order valence-electron chi connectivity index (χ2n) is 6.09. The standard InChI is InChI=1S/C18H15F3N2O3/c1-10-13(6-7-15(22-10)18(19,20)21)16(24)23-9-12-5-3-2-4-11(12)8-14(23)17(25)26/h2-7,14H,8-9H2,1H3,(H,25,26). The van der Waals surface area contributed by atoms with Gasteiger partial charge in [0.1, 0.15) is 11.7 Å². The minimum Gasteiger partial charge on any atom is -0.480 e. The zero-order valence-corrected chi connectivity index (χ0v) is 13.7. The summed E-state index contributed by atoms with van der Waals surface area (Å²) in [5.41, 5.74) is 0.434.